The summed E-state index contributed by atoms with van der Waals surface area (Å²) < 4.78 is 46.9. The molecule has 0 spiro atoms. The fourth-order valence-corrected chi connectivity index (χ4v) is 3.81. The van der Waals surface area contributed by atoms with Gasteiger partial charge in [-0.25, -0.2) is 4.68 Å². The number of aromatic nitrogens is 4. The monoisotopic (exact) mass is 530 g/mol. The minimum Gasteiger partial charge on any atom is -0.495 e. The van der Waals surface area contributed by atoms with Crippen molar-refractivity contribution >= 4 is 23.2 Å². The van der Waals surface area contributed by atoms with E-state index in [0.717, 1.165) is 12.1 Å². The number of methoxy groups -OCH3 is 1. The number of hydrogen-bond acceptors (Lipinski definition) is 6. The van der Waals surface area contributed by atoms with Gasteiger partial charge >= 0.3 is 6.18 Å². The zero-order valence-corrected chi connectivity index (χ0v) is 20.8. The predicted octanol–water partition coefficient (Wildman–Crippen LogP) is 5.32. The fourth-order valence-electron chi connectivity index (χ4n) is 3.60. The minimum atomic E-state index is -4.56. The summed E-state index contributed by atoms with van der Waals surface area (Å²) in [7, 11) is 5.01. The van der Waals surface area contributed by atoms with Gasteiger partial charge in [-0.2, -0.15) is 13.2 Å². The van der Waals surface area contributed by atoms with Crippen molar-refractivity contribution in [3.63, 3.8) is 0 Å². The second-order valence-corrected chi connectivity index (χ2v) is 8.84. The number of hydrogen-bond donors (Lipinski definition) is 1. The highest BCUT2D eigenvalue weighted by Crippen LogP contribution is 2.33. The van der Waals surface area contributed by atoms with Crippen LogP contribution in [0, 0.1) is 0 Å². The Morgan fingerprint density at radius 3 is 2.62 bits per heavy atom. The highest BCUT2D eigenvalue weighted by Gasteiger charge is 2.31. The quantitative estimate of drug-likeness (QED) is 0.348. The third-order valence-electron chi connectivity index (χ3n) is 5.27. The van der Waals surface area contributed by atoms with E-state index in [4.69, 9.17) is 16.3 Å². The van der Waals surface area contributed by atoms with E-state index in [9.17, 15) is 18.0 Å². The van der Waals surface area contributed by atoms with Gasteiger partial charge in [0.1, 0.15) is 11.4 Å². The van der Waals surface area contributed by atoms with Crippen LogP contribution in [0.4, 0.5) is 18.9 Å². The smallest absolute Gasteiger partial charge is 0.416 e. The Bertz CT molecular complexity index is 1440. The molecule has 2 aromatic heterocycles. The largest absolute Gasteiger partial charge is 0.495 e. The molecule has 0 bridgehead atoms. The van der Waals surface area contributed by atoms with E-state index in [1.165, 1.54) is 36.1 Å². The first-order chi connectivity index (χ1) is 17.5. The average Bonchev–Trinajstić information content (AvgIpc) is 3.33. The van der Waals surface area contributed by atoms with Crippen molar-refractivity contribution < 1.29 is 22.7 Å². The van der Waals surface area contributed by atoms with Gasteiger partial charge in [-0.05, 0) is 62.1 Å². The van der Waals surface area contributed by atoms with Crippen LogP contribution < -0.4 is 10.1 Å². The molecule has 0 aliphatic rings. The SMILES string of the molecule is COc1cncc(-c2cn(-c3cc(C(=O)Nc4cc(CN(C)C)cc(C(F)(F)F)c4)ccc3Cl)nn2)c1. The second-order valence-electron chi connectivity index (χ2n) is 8.44. The molecule has 0 saturated heterocycles. The van der Waals surface area contributed by atoms with Gasteiger partial charge in [0.15, 0.2) is 0 Å². The minimum absolute atomic E-state index is 0.0294. The molecule has 2 aromatic carbocycles. The molecule has 0 atom stereocenters. The zero-order chi connectivity index (χ0) is 26.7. The summed E-state index contributed by atoms with van der Waals surface area (Å²) in [5, 5.41) is 11.1. The molecule has 4 rings (SSSR count). The van der Waals surface area contributed by atoms with Crippen LogP contribution in [0.1, 0.15) is 21.5 Å². The first-order valence-electron chi connectivity index (χ1n) is 10.9. The molecule has 192 valence electrons. The predicted molar refractivity (Wildman–Crippen MR) is 133 cm³/mol. The van der Waals surface area contributed by atoms with Crippen LogP contribution >= 0.6 is 11.6 Å². The molecular formula is C25H22ClF3N6O2. The van der Waals surface area contributed by atoms with E-state index < -0.39 is 17.6 Å². The van der Waals surface area contributed by atoms with Gasteiger partial charge in [0.05, 0.1) is 35.8 Å². The van der Waals surface area contributed by atoms with Gasteiger partial charge in [0.2, 0.25) is 0 Å². The van der Waals surface area contributed by atoms with E-state index in [1.54, 1.807) is 43.7 Å². The molecule has 37 heavy (non-hydrogen) atoms. The Labute approximate surface area is 215 Å². The molecule has 2 heterocycles. The van der Waals surface area contributed by atoms with Crippen LogP contribution in [0.2, 0.25) is 5.02 Å². The van der Waals surface area contributed by atoms with Crippen molar-refractivity contribution in [3.05, 3.63) is 82.8 Å². The highest BCUT2D eigenvalue weighted by molar-refractivity contribution is 6.32. The molecule has 12 heteroatoms. The Hall–Kier alpha value is -3.96. The molecule has 1 amide bonds. The van der Waals surface area contributed by atoms with E-state index in [1.807, 2.05) is 0 Å². The lowest BCUT2D eigenvalue weighted by Gasteiger charge is -2.16. The lowest BCUT2D eigenvalue weighted by molar-refractivity contribution is -0.137. The number of carbonyl (C=O) groups excluding carboxylic acids is 1. The van der Waals surface area contributed by atoms with Crippen molar-refractivity contribution in [1.82, 2.24) is 24.9 Å². The Kier molecular flexibility index (Phi) is 7.46. The molecule has 0 aliphatic carbocycles. The van der Waals surface area contributed by atoms with Crippen molar-refractivity contribution in [1.29, 1.82) is 0 Å². The summed E-state index contributed by atoms with van der Waals surface area (Å²) >= 11 is 6.36. The molecule has 0 radical (unpaired) electrons. The van der Waals surface area contributed by atoms with Crippen LogP contribution in [0.3, 0.4) is 0 Å². The fraction of sp³-hybridized carbons (Fsp3) is 0.200. The zero-order valence-electron chi connectivity index (χ0n) is 20.0. The molecule has 8 nitrogen and oxygen atoms in total. The van der Waals surface area contributed by atoms with Gasteiger partial charge < -0.3 is 15.0 Å². The van der Waals surface area contributed by atoms with E-state index in [0.29, 0.717) is 33.3 Å². The van der Waals surface area contributed by atoms with Crippen molar-refractivity contribution in [2.75, 3.05) is 26.5 Å². The Morgan fingerprint density at radius 2 is 1.92 bits per heavy atom. The van der Waals surface area contributed by atoms with E-state index >= 15 is 0 Å². The van der Waals surface area contributed by atoms with Gasteiger partial charge in [-0.1, -0.05) is 16.8 Å². The number of alkyl halides is 3. The van der Waals surface area contributed by atoms with Crippen molar-refractivity contribution in [3.8, 4) is 22.7 Å². The number of rotatable bonds is 7. The second kappa shape index (κ2) is 10.6. The third kappa shape index (κ3) is 6.25. The van der Waals surface area contributed by atoms with E-state index in [-0.39, 0.29) is 17.8 Å². The summed E-state index contributed by atoms with van der Waals surface area (Å²) in [5.74, 6) is -0.0579. The summed E-state index contributed by atoms with van der Waals surface area (Å²) in [6, 6.07) is 9.68. The van der Waals surface area contributed by atoms with Gasteiger partial charge in [-0.3, -0.25) is 9.78 Å². The number of anilines is 1. The first-order valence-corrected chi connectivity index (χ1v) is 11.3. The number of amides is 1. The summed E-state index contributed by atoms with van der Waals surface area (Å²) in [6.45, 7) is 0.273. The van der Waals surface area contributed by atoms with Gasteiger partial charge in [-0.15, -0.1) is 5.10 Å². The Morgan fingerprint density at radius 1 is 1.14 bits per heavy atom. The lowest BCUT2D eigenvalue weighted by Crippen LogP contribution is -2.16. The molecule has 4 aromatic rings. The average molecular weight is 531 g/mol. The standard InChI is InChI=1S/C25H22ClF3N6O2/c1-34(2)13-15-6-18(25(27,28)29)10-19(7-15)31-24(36)16-4-5-21(26)23(9-16)35-14-22(32-33-35)17-8-20(37-3)12-30-11-17/h4-12,14H,13H2,1-3H3,(H,31,36). The number of ether oxygens (including phenoxy) is 1. The number of carbonyl (C=O) groups is 1. The maximum atomic E-state index is 13.4. The molecule has 1 N–H and O–H groups in total. The number of benzene rings is 2. The van der Waals surface area contributed by atoms with Crippen molar-refractivity contribution in [2.24, 2.45) is 0 Å². The molecule has 0 fully saturated rings. The maximum Gasteiger partial charge on any atom is 0.416 e. The van der Waals surface area contributed by atoms with Crippen molar-refractivity contribution in [2.45, 2.75) is 12.7 Å². The number of nitrogens with zero attached hydrogens (tertiary/aromatic N) is 5. The normalized spacial score (nSPS) is 11.6. The number of halogens is 4. The summed E-state index contributed by atoms with van der Waals surface area (Å²) in [4.78, 5) is 18.8. The molecule has 0 unspecified atom stereocenters. The van der Waals surface area contributed by atoms with Crippen LogP contribution in [0.5, 0.6) is 5.75 Å². The van der Waals surface area contributed by atoms with Crippen LogP contribution in [-0.2, 0) is 12.7 Å². The molecular weight excluding hydrogens is 509 g/mol. The first kappa shape index (κ1) is 26.1. The van der Waals surface area contributed by atoms with Gasteiger partial charge in [0, 0.05) is 29.6 Å². The van der Waals surface area contributed by atoms with Crippen LogP contribution in [0.15, 0.2) is 61.1 Å². The van der Waals surface area contributed by atoms with E-state index in [2.05, 4.69) is 20.6 Å². The topological polar surface area (TPSA) is 85.2 Å². The summed E-state index contributed by atoms with van der Waals surface area (Å²) in [5.41, 5.74) is 1.28. The molecule has 0 saturated carbocycles. The van der Waals surface area contributed by atoms with Gasteiger partial charge in [0.25, 0.3) is 5.91 Å². The number of nitrogens with one attached hydrogen (secondary N) is 1. The van der Waals surface area contributed by atoms with Crippen LogP contribution in [0.25, 0.3) is 16.9 Å². The Balaban J connectivity index is 1.62. The summed E-state index contributed by atoms with van der Waals surface area (Å²) in [6.07, 6.45) is 0.209. The lowest BCUT2D eigenvalue weighted by atomic mass is 10.1. The maximum absolute atomic E-state index is 13.4. The molecule has 0 aliphatic heterocycles. The highest BCUT2D eigenvalue weighted by atomic mass is 35.5. The van der Waals surface area contributed by atoms with Crippen LogP contribution in [-0.4, -0.2) is 52.0 Å². The third-order valence-corrected chi connectivity index (χ3v) is 5.59. The number of pyridine rings is 1.